The molecule has 0 N–H and O–H groups in total. The minimum absolute atomic E-state index is 0.0521. The van der Waals surface area contributed by atoms with Crippen LogP contribution in [0, 0.1) is 40.3 Å². The highest BCUT2D eigenvalue weighted by molar-refractivity contribution is 5.72. The number of hydrogen-bond acceptors (Lipinski definition) is 8. The van der Waals surface area contributed by atoms with E-state index in [1.807, 2.05) is 75.4 Å². The van der Waals surface area contributed by atoms with Gasteiger partial charge in [0, 0.05) is 55.1 Å². The third-order valence-electron chi connectivity index (χ3n) is 10.4. The maximum absolute atomic E-state index is 14.3. The van der Waals surface area contributed by atoms with Crippen molar-refractivity contribution in [2.75, 3.05) is 0 Å². The Morgan fingerprint density at radius 3 is 1.53 bits per heavy atom. The summed E-state index contributed by atoms with van der Waals surface area (Å²) in [5.41, 5.74) is 3.48. The summed E-state index contributed by atoms with van der Waals surface area (Å²) in [6.07, 6.45) is 5.57. The fourth-order valence-corrected chi connectivity index (χ4v) is 6.84. The number of aryl methyl sites for hydroxylation is 3. The molecule has 0 aliphatic rings. The number of hydrogen-bond donors (Lipinski definition) is 0. The van der Waals surface area contributed by atoms with Crippen molar-refractivity contribution in [1.29, 1.82) is 10.5 Å². The molecule has 5 rings (SSSR count). The van der Waals surface area contributed by atoms with Crippen molar-refractivity contribution in [2.24, 2.45) is 11.8 Å². The van der Waals surface area contributed by atoms with Crippen molar-refractivity contribution in [2.45, 2.75) is 132 Å². The van der Waals surface area contributed by atoms with Crippen LogP contribution in [0.15, 0.2) is 107 Å². The van der Waals surface area contributed by atoms with E-state index in [1.54, 1.807) is 66.6 Å². The first-order chi connectivity index (χ1) is 31.1. The highest BCUT2D eigenvalue weighted by atomic mass is 19.1. The summed E-state index contributed by atoms with van der Waals surface area (Å²) in [4.78, 5) is 51.8. The van der Waals surface area contributed by atoms with Gasteiger partial charge in [-0.05, 0) is 113 Å². The number of esters is 1. The predicted molar refractivity (Wildman–Crippen MR) is 257 cm³/mol. The smallest absolute Gasteiger partial charge is 0.410 e. The van der Waals surface area contributed by atoms with E-state index in [9.17, 15) is 34.1 Å². The Bertz CT molecular complexity index is 2640. The quantitative estimate of drug-likeness (QED) is 0.0943. The molecule has 0 fully saturated rings. The lowest BCUT2D eigenvalue weighted by molar-refractivity contribution is -0.154. The summed E-state index contributed by atoms with van der Waals surface area (Å²) >= 11 is 0. The molecule has 11 nitrogen and oxygen atoms in total. The fraction of sp³-hybridized carbons (Fsp3) is 0.407. The number of benzene rings is 3. The molecule has 5 aromatic rings. The molecule has 2 heterocycles. The molecule has 12 heteroatoms. The molecule has 2 aromatic heterocycles. The van der Waals surface area contributed by atoms with Gasteiger partial charge in [-0.3, -0.25) is 19.3 Å². The van der Waals surface area contributed by atoms with Crippen LogP contribution in [-0.4, -0.2) is 37.3 Å². The van der Waals surface area contributed by atoms with Gasteiger partial charge < -0.3 is 18.6 Å². The van der Waals surface area contributed by atoms with E-state index in [0.29, 0.717) is 54.5 Å². The Hall–Kier alpha value is -6.79. The largest absolute Gasteiger partial charge is 0.460 e. The van der Waals surface area contributed by atoms with E-state index in [4.69, 9.17) is 9.47 Å². The van der Waals surface area contributed by atoms with Gasteiger partial charge in [-0.15, -0.1) is 0 Å². The Balaban J connectivity index is 0.000000297. The molecular weight excluding hydrogens is 834 g/mol. The van der Waals surface area contributed by atoms with Crippen molar-refractivity contribution in [3.63, 3.8) is 0 Å². The summed E-state index contributed by atoms with van der Waals surface area (Å²) in [5.74, 6) is 0.320. The maximum atomic E-state index is 14.3. The van der Waals surface area contributed by atoms with E-state index in [-0.39, 0.29) is 41.3 Å². The molecule has 0 atom stereocenters. The number of aromatic nitrogens is 2. The molecule has 0 aliphatic heterocycles. The van der Waals surface area contributed by atoms with Crippen molar-refractivity contribution in [1.82, 2.24) is 14.0 Å². The molecule has 0 aliphatic carbocycles. The highest BCUT2D eigenvalue weighted by Gasteiger charge is 2.24. The number of rotatable bonds is 15. The van der Waals surface area contributed by atoms with Crippen molar-refractivity contribution in [3.05, 3.63) is 152 Å². The summed E-state index contributed by atoms with van der Waals surface area (Å²) < 4.78 is 28.4. The standard InChI is InChI=1S/C30H34FN3O3.C24H30N2O3/c1-21(2)14-16-33-17-15-25(26(18-32)28(33)35)23-12-10-22(11-13-23)19-34(29(36)37-30(3,4)5)20-24-8-6-7-9-27(24)31;1-17(2)12-14-26-15-13-20(21(16-25)23(26)28)19-9-6-18(7-10-19)8-11-22(27)29-24(3,4)5/h6-13,15,17,21H,14,16,19-20H2,1-5H3;6-7,9-10,13,15,17H,8,11-12,14H2,1-5H3. The van der Waals surface area contributed by atoms with E-state index in [0.717, 1.165) is 35.1 Å². The predicted octanol–water partition coefficient (Wildman–Crippen LogP) is 11.2. The third kappa shape index (κ3) is 15.7. The number of pyridine rings is 2. The van der Waals surface area contributed by atoms with E-state index in [1.165, 1.54) is 11.0 Å². The zero-order valence-corrected chi connectivity index (χ0v) is 40.1. The van der Waals surface area contributed by atoms with Crippen LogP contribution in [0.5, 0.6) is 0 Å². The number of nitriles is 2. The van der Waals surface area contributed by atoms with Gasteiger partial charge in [0.05, 0.1) is 6.54 Å². The number of ether oxygens (including phenoxy) is 2. The number of carbonyl (C=O) groups excluding carboxylic acids is 2. The molecule has 0 unspecified atom stereocenters. The normalized spacial score (nSPS) is 11.3. The molecule has 0 radical (unpaired) electrons. The second-order valence-corrected chi connectivity index (χ2v) is 19.2. The summed E-state index contributed by atoms with van der Waals surface area (Å²) in [6, 6.07) is 29.0. The second-order valence-electron chi connectivity index (χ2n) is 19.2. The Morgan fingerprint density at radius 2 is 1.11 bits per heavy atom. The van der Waals surface area contributed by atoms with Crippen LogP contribution >= 0.6 is 0 Å². The van der Waals surface area contributed by atoms with E-state index in [2.05, 4.69) is 39.8 Å². The van der Waals surface area contributed by atoms with Crippen LogP contribution in [0.3, 0.4) is 0 Å². The van der Waals surface area contributed by atoms with Crippen LogP contribution < -0.4 is 11.1 Å². The first kappa shape index (κ1) is 51.8. The zero-order valence-electron chi connectivity index (χ0n) is 40.1. The van der Waals surface area contributed by atoms with E-state index < -0.39 is 23.1 Å². The fourth-order valence-electron chi connectivity index (χ4n) is 6.84. The minimum atomic E-state index is -0.697. The average molecular weight is 898 g/mol. The first-order valence-electron chi connectivity index (χ1n) is 22.5. The Labute approximate surface area is 389 Å². The van der Waals surface area contributed by atoms with Gasteiger partial charge in [-0.1, -0.05) is 94.4 Å². The summed E-state index contributed by atoms with van der Waals surface area (Å²) in [6.45, 7) is 20.7. The Morgan fingerprint density at radius 1 is 0.652 bits per heavy atom. The molecule has 0 spiro atoms. The minimum Gasteiger partial charge on any atom is -0.460 e. The van der Waals surface area contributed by atoms with E-state index >= 15 is 0 Å². The number of carbonyl (C=O) groups is 2. The first-order valence-corrected chi connectivity index (χ1v) is 22.5. The monoisotopic (exact) mass is 897 g/mol. The van der Waals surface area contributed by atoms with Gasteiger partial charge in [0.2, 0.25) is 0 Å². The highest BCUT2D eigenvalue weighted by Crippen LogP contribution is 2.25. The molecular formula is C54H64FN5O6. The lowest BCUT2D eigenvalue weighted by atomic mass is 9.99. The molecule has 0 saturated heterocycles. The number of nitrogens with zero attached hydrogens (tertiary/aromatic N) is 5. The van der Waals surface area contributed by atoms with Gasteiger partial charge in [0.1, 0.15) is 40.3 Å². The molecule has 66 heavy (non-hydrogen) atoms. The van der Waals surface area contributed by atoms with Crippen LogP contribution in [0.2, 0.25) is 0 Å². The summed E-state index contributed by atoms with van der Waals surface area (Å²) in [7, 11) is 0. The SMILES string of the molecule is CC(C)CCn1ccc(-c2ccc(CCC(=O)OC(C)(C)C)cc2)c(C#N)c1=O.CC(C)CCn1ccc(-c2ccc(CN(Cc3ccccc3F)C(=O)OC(C)(C)C)cc2)c(C#N)c1=O. The maximum Gasteiger partial charge on any atom is 0.410 e. The molecule has 348 valence electrons. The second kappa shape index (κ2) is 23.4. The average Bonchev–Trinajstić information content (AvgIpc) is 3.24. The van der Waals surface area contributed by atoms with Gasteiger partial charge >= 0.3 is 12.1 Å². The van der Waals surface area contributed by atoms with Crippen molar-refractivity contribution < 1.29 is 23.5 Å². The number of halogens is 1. The van der Waals surface area contributed by atoms with Crippen LogP contribution in [0.4, 0.5) is 9.18 Å². The molecule has 0 bridgehead atoms. The lowest BCUT2D eigenvalue weighted by Crippen LogP contribution is -2.36. The van der Waals surface area contributed by atoms with Gasteiger partial charge in [-0.25, -0.2) is 9.18 Å². The lowest BCUT2D eigenvalue weighted by Gasteiger charge is -2.28. The van der Waals surface area contributed by atoms with Crippen LogP contribution in [0.25, 0.3) is 22.3 Å². The Kier molecular flexibility index (Phi) is 18.4. The van der Waals surface area contributed by atoms with Crippen LogP contribution in [0.1, 0.15) is 116 Å². The summed E-state index contributed by atoms with van der Waals surface area (Å²) in [5, 5.41) is 19.2. The van der Waals surface area contributed by atoms with Gasteiger partial charge in [0.25, 0.3) is 11.1 Å². The van der Waals surface area contributed by atoms with Gasteiger partial charge in [0.15, 0.2) is 0 Å². The topological polar surface area (TPSA) is 147 Å². The third-order valence-corrected chi connectivity index (χ3v) is 10.4. The number of amides is 1. The van der Waals surface area contributed by atoms with Crippen molar-refractivity contribution in [3.8, 4) is 34.4 Å². The molecule has 0 saturated carbocycles. The van der Waals surface area contributed by atoms with Gasteiger partial charge in [-0.2, -0.15) is 10.5 Å². The van der Waals surface area contributed by atoms with Crippen molar-refractivity contribution >= 4 is 12.1 Å². The molecule has 3 aromatic carbocycles. The molecule has 1 amide bonds. The zero-order chi connectivity index (χ0) is 48.8. The van der Waals surface area contributed by atoms with Crippen LogP contribution in [-0.2, 0) is 46.9 Å².